The minimum absolute atomic E-state index is 0.0858. The van der Waals surface area contributed by atoms with Gasteiger partial charge in [0.2, 0.25) is 0 Å². The zero-order valence-electron chi connectivity index (χ0n) is 15.1. The molecule has 4 heteroatoms. The van der Waals surface area contributed by atoms with Crippen molar-refractivity contribution in [2.45, 2.75) is 26.4 Å². The summed E-state index contributed by atoms with van der Waals surface area (Å²) in [7, 11) is 3.26. The standard InChI is InChI=1S/C21H24O4/c1-5-15(2)25-21(22)11-6-16-12-18(14-20(13-16)24-4)17-7-9-19(23-3)10-8-17/h6-15H,5H2,1-4H3. The topological polar surface area (TPSA) is 44.8 Å². The molecule has 1 unspecified atom stereocenters. The molecule has 0 aliphatic rings. The summed E-state index contributed by atoms with van der Waals surface area (Å²) in [6.07, 6.45) is 3.89. The van der Waals surface area contributed by atoms with E-state index < -0.39 is 0 Å². The molecule has 0 amide bonds. The van der Waals surface area contributed by atoms with Crippen LogP contribution in [0.3, 0.4) is 0 Å². The third kappa shape index (κ3) is 5.38. The first-order valence-electron chi connectivity index (χ1n) is 8.28. The van der Waals surface area contributed by atoms with Gasteiger partial charge in [-0.15, -0.1) is 0 Å². The Labute approximate surface area is 149 Å². The zero-order valence-corrected chi connectivity index (χ0v) is 15.1. The van der Waals surface area contributed by atoms with E-state index in [2.05, 4.69) is 0 Å². The zero-order chi connectivity index (χ0) is 18.2. The summed E-state index contributed by atoms with van der Waals surface area (Å²) in [5.74, 6) is 1.19. The van der Waals surface area contributed by atoms with Crippen molar-refractivity contribution < 1.29 is 19.0 Å². The maximum atomic E-state index is 11.8. The number of hydrogen-bond acceptors (Lipinski definition) is 4. The number of esters is 1. The molecule has 2 aromatic carbocycles. The molecule has 2 rings (SSSR count). The van der Waals surface area contributed by atoms with Gasteiger partial charge in [-0.2, -0.15) is 0 Å². The average Bonchev–Trinajstić information content (AvgIpc) is 2.66. The van der Waals surface area contributed by atoms with Crippen LogP contribution in [0.2, 0.25) is 0 Å². The summed E-state index contributed by atoms with van der Waals surface area (Å²) < 4.78 is 15.8. The number of methoxy groups -OCH3 is 2. The molecule has 0 bridgehead atoms. The summed E-state index contributed by atoms with van der Waals surface area (Å²) in [6.45, 7) is 3.85. The van der Waals surface area contributed by atoms with Gasteiger partial charge in [0.1, 0.15) is 11.5 Å². The highest BCUT2D eigenvalue weighted by molar-refractivity contribution is 5.87. The van der Waals surface area contributed by atoms with Gasteiger partial charge in [-0.05, 0) is 66.4 Å². The molecule has 0 heterocycles. The fourth-order valence-electron chi connectivity index (χ4n) is 2.27. The Balaban J connectivity index is 2.25. The van der Waals surface area contributed by atoms with Crippen LogP contribution in [0.1, 0.15) is 25.8 Å². The van der Waals surface area contributed by atoms with Crippen molar-refractivity contribution in [3.63, 3.8) is 0 Å². The Kier molecular flexibility index (Phi) is 6.63. The van der Waals surface area contributed by atoms with Crippen molar-refractivity contribution in [2.75, 3.05) is 14.2 Å². The molecule has 0 radical (unpaired) electrons. The molecule has 0 aliphatic heterocycles. The highest BCUT2D eigenvalue weighted by Gasteiger charge is 2.06. The van der Waals surface area contributed by atoms with E-state index in [0.717, 1.165) is 34.6 Å². The van der Waals surface area contributed by atoms with Crippen LogP contribution in [-0.4, -0.2) is 26.3 Å². The van der Waals surface area contributed by atoms with Crippen LogP contribution in [0, 0.1) is 0 Å². The van der Waals surface area contributed by atoms with Gasteiger partial charge in [0.15, 0.2) is 0 Å². The molecule has 0 spiro atoms. The summed E-state index contributed by atoms with van der Waals surface area (Å²) in [5, 5.41) is 0. The molecule has 132 valence electrons. The Morgan fingerprint density at radius 2 is 1.68 bits per heavy atom. The van der Waals surface area contributed by atoms with Crippen molar-refractivity contribution >= 4 is 12.0 Å². The predicted octanol–water partition coefficient (Wildman–Crippen LogP) is 4.73. The highest BCUT2D eigenvalue weighted by atomic mass is 16.5. The number of ether oxygens (including phenoxy) is 3. The molecule has 0 fully saturated rings. The van der Waals surface area contributed by atoms with Crippen LogP contribution in [0.15, 0.2) is 48.5 Å². The minimum Gasteiger partial charge on any atom is -0.497 e. The first-order chi connectivity index (χ1) is 12.0. The quantitative estimate of drug-likeness (QED) is 0.540. The van der Waals surface area contributed by atoms with Gasteiger partial charge < -0.3 is 14.2 Å². The smallest absolute Gasteiger partial charge is 0.331 e. The normalized spacial score (nSPS) is 12.0. The molecule has 0 saturated heterocycles. The minimum atomic E-state index is -0.344. The van der Waals surface area contributed by atoms with E-state index in [9.17, 15) is 4.79 Å². The van der Waals surface area contributed by atoms with Crippen LogP contribution in [0.5, 0.6) is 11.5 Å². The molecule has 25 heavy (non-hydrogen) atoms. The summed E-state index contributed by atoms with van der Waals surface area (Å²) in [5.41, 5.74) is 2.90. The third-order valence-electron chi connectivity index (χ3n) is 3.89. The van der Waals surface area contributed by atoms with Crippen molar-refractivity contribution in [1.82, 2.24) is 0 Å². The van der Waals surface area contributed by atoms with Gasteiger partial charge in [-0.1, -0.05) is 19.1 Å². The maximum Gasteiger partial charge on any atom is 0.331 e. The number of rotatable bonds is 7. The van der Waals surface area contributed by atoms with Crippen molar-refractivity contribution in [1.29, 1.82) is 0 Å². The molecule has 0 aliphatic carbocycles. The number of carbonyl (C=O) groups excluding carboxylic acids is 1. The number of benzene rings is 2. The Hall–Kier alpha value is -2.75. The van der Waals surface area contributed by atoms with Crippen molar-refractivity contribution in [3.8, 4) is 22.6 Å². The Morgan fingerprint density at radius 1 is 1.00 bits per heavy atom. The van der Waals surface area contributed by atoms with E-state index in [0.29, 0.717) is 0 Å². The second-order valence-electron chi connectivity index (χ2n) is 5.71. The molecular weight excluding hydrogens is 316 g/mol. The van der Waals surface area contributed by atoms with Gasteiger partial charge in [-0.3, -0.25) is 0 Å². The highest BCUT2D eigenvalue weighted by Crippen LogP contribution is 2.28. The average molecular weight is 340 g/mol. The van der Waals surface area contributed by atoms with Crippen molar-refractivity contribution in [3.05, 3.63) is 54.1 Å². The van der Waals surface area contributed by atoms with Gasteiger partial charge in [0.25, 0.3) is 0 Å². The Bertz CT molecular complexity index is 732. The lowest BCUT2D eigenvalue weighted by Crippen LogP contribution is -2.11. The molecular formula is C21H24O4. The summed E-state index contributed by atoms with van der Waals surface area (Å²) >= 11 is 0. The second-order valence-corrected chi connectivity index (χ2v) is 5.71. The van der Waals surface area contributed by atoms with E-state index in [4.69, 9.17) is 14.2 Å². The van der Waals surface area contributed by atoms with Gasteiger partial charge in [-0.25, -0.2) is 4.79 Å². The summed E-state index contributed by atoms with van der Waals surface area (Å²) in [4.78, 5) is 11.8. The lowest BCUT2D eigenvalue weighted by Gasteiger charge is -2.09. The molecule has 1 atom stereocenters. The van der Waals surface area contributed by atoms with Crippen LogP contribution < -0.4 is 9.47 Å². The van der Waals surface area contributed by atoms with E-state index in [-0.39, 0.29) is 12.1 Å². The number of carbonyl (C=O) groups is 1. The fraction of sp³-hybridized carbons (Fsp3) is 0.286. The van der Waals surface area contributed by atoms with Crippen molar-refractivity contribution in [2.24, 2.45) is 0 Å². The Morgan fingerprint density at radius 3 is 2.28 bits per heavy atom. The third-order valence-corrected chi connectivity index (χ3v) is 3.89. The van der Waals surface area contributed by atoms with E-state index in [1.54, 1.807) is 20.3 Å². The summed E-state index contributed by atoms with van der Waals surface area (Å²) in [6, 6.07) is 13.6. The molecule has 2 aromatic rings. The van der Waals surface area contributed by atoms with Crippen LogP contribution in [0.4, 0.5) is 0 Å². The van der Waals surface area contributed by atoms with Crippen LogP contribution >= 0.6 is 0 Å². The SMILES string of the molecule is CCC(C)OC(=O)C=Cc1cc(OC)cc(-c2ccc(OC)cc2)c1. The predicted molar refractivity (Wildman–Crippen MR) is 99.9 cm³/mol. The van der Waals surface area contributed by atoms with E-state index >= 15 is 0 Å². The largest absolute Gasteiger partial charge is 0.497 e. The maximum absolute atomic E-state index is 11.8. The van der Waals surface area contributed by atoms with E-state index in [1.165, 1.54) is 6.08 Å². The molecule has 0 aromatic heterocycles. The first-order valence-corrected chi connectivity index (χ1v) is 8.28. The first kappa shape index (κ1) is 18.6. The van der Waals surface area contributed by atoms with Crippen LogP contribution in [-0.2, 0) is 9.53 Å². The van der Waals surface area contributed by atoms with Crippen LogP contribution in [0.25, 0.3) is 17.2 Å². The monoisotopic (exact) mass is 340 g/mol. The van der Waals surface area contributed by atoms with Gasteiger partial charge in [0, 0.05) is 6.08 Å². The van der Waals surface area contributed by atoms with Gasteiger partial charge >= 0.3 is 5.97 Å². The fourth-order valence-corrected chi connectivity index (χ4v) is 2.27. The lowest BCUT2D eigenvalue weighted by molar-refractivity contribution is -0.142. The molecule has 4 nitrogen and oxygen atoms in total. The van der Waals surface area contributed by atoms with E-state index in [1.807, 2.05) is 56.3 Å². The lowest BCUT2D eigenvalue weighted by atomic mass is 10.0. The second kappa shape index (κ2) is 8.92. The molecule has 0 N–H and O–H groups in total. The number of hydrogen-bond donors (Lipinski definition) is 0. The van der Waals surface area contributed by atoms with Gasteiger partial charge in [0.05, 0.1) is 20.3 Å². The molecule has 0 saturated carbocycles.